The summed E-state index contributed by atoms with van der Waals surface area (Å²) in [6.45, 7) is 2.44. The fraction of sp³-hybridized carbons (Fsp3) is 0.462. The van der Waals surface area contributed by atoms with Crippen LogP contribution in [0.1, 0.15) is 24.9 Å². The second kappa shape index (κ2) is 5.82. The molecule has 0 aromatic heterocycles. The zero-order valence-corrected chi connectivity index (χ0v) is 11.8. The van der Waals surface area contributed by atoms with Gasteiger partial charge in [-0.25, -0.2) is 0 Å². The molecule has 3 atom stereocenters. The first-order chi connectivity index (χ1) is 8.56. The van der Waals surface area contributed by atoms with Crippen molar-refractivity contribution in [2.24, 2.45) is 0 Å². The molecule has 3 N–H and O–H groups in total. The number of hydrogen-bond acceptors (Lipinski definition) is 3. The summed E-state index contributed by atoms with van der Waals surface area (Å²) in [6, 6.07) is 7.53. The molecular formula is C13H17BrN2O2. The largest absolute Gasteiger partial charge is 0.392 e. The average Bonchev–Trinajstić information content (AvgIpc) is 2.76. The standard InChI is InChI=1S/C13H17BrN2O2/c1-8(9-3-2-4-10(14)5-9)16-13(18)12-6-11(17)7-15-12/h2-5,8,11-12,15,17H,6-7H2,1H3,(H,16,18)/t8-,11?,12?/m0/s1. The van der Waals surface area contributed by atoms with Gasteiger partial charge in [-0.3, -0.25) is 4.79 Å². The zero-order chi connectivity index (χ0) is 13.1. The van der Waals surface area contributed by atoms with Crippen molar-refractivity contribution in [3.63, 3.8) is 0 Å². The van der Waals surface area contributed by atoms with Gasteiger partial charge < -0.3 is 15.7 Å². The van der Waals surface area contributed by atoms with Crippen molar-refractivity contribution < 1.29 is 9.90 Å². The number of hydrogen-bond donors (Lipinski definition) is 3. The third kappa shape index (κ3) is 3.31. The predicted molar refractivity (Wildman–Crippen MR) is 73.1 cm³/mol. The number of carbonyl (C=O) groups excluding carboxylic acids is 1. The van der Waals surface area contributed by atoms with E-state index >= 15 is 0 Å². The molecule has 1 aliphatic rings. The number of halogens is 1. The zero-order valence-electron chi connectivity index (χ0n) is 10.2. The first-order valence-corrected chi connectivity index (χ1v) is 6.83. The van der Waals surface area contributed by atoms with Crippen molar-refractivity contribution in [3.05, 3.63) is 34.3 Å². The summed E-state index contributed by atoms with van der Waals surface area (Å²) >= 11 is 3.41. The normalized spacial score (nSPS) is 24.8. The Hall–Kier alpha value is -0.910. The van der Waals surface area contributed by atoms with Crippen LogP contribution >= 0.6 is 15.9 Å². The van der Waals surface area contributed by atoms with E-state index < -0.39 is 6.10 Å². The van der Waals surface area contributed by atoms with Crippen molar-refractivity contribution in [2.75, 3.05) is 6.54 Å². The van der Waals surface area contributed by atoms with Gasteiger partial charge in [0, 0.05) is 11.0 Å². The van der Waals surface area contributed by atoms with Gasteiger partial charge in [-0.15, -0.1) is 0 Å². The van der Waals surface area contributed by atoms with Crippen molar-refractivity contribution in [2.45, 2.75) is 31.5 Å². The minimum absolute atomic E-state index is 0.0467. The Bertz CT molecular complexity index is 439. The number of amides is 1. The summed E-state index contributed by atoms with van der Waals surface area (Å²) in [4.78, 5) is 12.0. The van der Waals surface area contributed by atoms with Crippen LogP contribution < -0.4 is 10.6 Å². The monoisotopic (exact) mass is 312 g/mol. The van der Waals surface area contributed by atoms with Gasteiger partial charge in [-0.2, -0.15) is 0 Å². The summed E-state index contributed by atoms with van der Waals surface area (Å²) in [5.41, 5.74) is 1.05. The number of nitrogens with one attached hydrogen (secondary N) is 2. The maximum atomic E-state index is 12.0. The smallest absolute Gasteiger partial charge is 0.237 e. The van der Waals surface area contributed by atoms with Crippen LogP contribution in [0.4, 0.5) is 0 Å². The molecule has 0 bridgehead atoms. The van der Waals surface area contributed by atoms with Gasteiger partial charge in [0.15, 0.2) is 0 Å². The molecule has 0 radical (unpaired) electrons. The Kier molecular flexibility index (Phi) is 4.37. The van der Waals surface area contributed by atoms with E-state index in [1.807, 2.05) is 31.2 Å². The summed E-state index contributed by atoms with van der Waals surface area (Å²) in [5, 5.41) is 15.3. The Morgan fingerprint density at radius 1 is 1.61 bits per heavy atom. The average molecular weight is 313 g/mol. The summed E-state index contributed by atoms with van der Waals surface area (Å²) in [5.74, 6) is -0.0565. The third-order valence-electron chi connectivity index (χ3n) is 3.13. The lowest BCUT2D eigenvalue weighted by Crippen LogP contribution is -2.41. The van der Waals surface area contributed by atoms with Crippen molar-refractivity contribution in [1.29, 1.82) is 0 Å². The van der Waals surface area contributed by atoms with Gasteiger partial charge >= 0.3 is 0 Å². The number of benzene rings is 1. The second-order valence-electron chi connectivity index (χ2n) is 4.64. The summed E-state index contributed by atoms with van der Waals surface area (Å²) in [6.07, 6.45) is 0.0683. The van der Waals surface area contributed by atoms with E-state index in [-0.39, 0.29) is 18.0 Å². The highest BCUT2D eigenvalue weighted by molar-refractivity contribution is 9.10. The highest BCUT2D eigenvalue weighted by atomic mass is 79.9. The third-order valence-corrected chi connectivity index (χ3v) is 3.62. The van der Waals surface area contributed by atoms with Crippen molar-refractivity contribution in [3.8, 4) is 0 Å². The quantitative estimate of drug-likeness (QED) is 0.789. The summed E-state index contributed by atoms with van der Waals surface area (Å²) in [7, 11) is 0. The van der Waals surface area contributed by atoms with E-state index in [2.05, 4.69) is 26.6 Å². The Labute approximate surface area is 115 Å². The number of aliphatic hydroxyl groups is 1. The van der Waals surface area contributed by atoms with Crippen LogP contribution in [0.2, 0.25) is 0 Å². The Morgan fingerprint density at radius 3 is 3.00 bits per heavy atom. The SMILES string of the molecule is C[C@H](NC(=O)C1CC(O)CN1)c1cccc(Br)c1. The second-order valence-corrected chi connectivity index (χ2v) is 5.55. The van der Waals surface area contributed by atoms with E-state index in [0.29, 0.717) is 13.0 Å². The lowest BCUT2D eigenvalue weighted by atomic mass is 10.1. The first kappa shape index (κ1) is 13.5. The molecule has 18 heavy (non-hydrogen) atoms. The minimum atomic E-state index is -0.415. The molecule has 0 spiro atoms. The van der Waals surface area contributed by atoms with Gasteiger partial charge in [0.2, 0.25) is 5.91 Å². The molecule has 1 aromatic rings. The van der Waals surface area contributed by atoms with Gasteiger partial charge in [0.25, 0.3) is 0 Å². The molecule has 2 rings (SSSR count). The van der Waals surface area contributed by atoms with Crippen LogP contribution in [0.5, 0.6) is 0 Å². The Balaban J connectivity index is 1.95. The molecular weight excluding hydrogens is 296 g/mol. The van der Waals surface area contributed by atoms with E-state index in [1.165, 1.54) is 0 Å². The van der Waals surface area contributed by atoms with Gasteiger partial charge in [0.05, 0.1) is 18.2 Å². The molecule has 0 saturated carbocycles. The number of carbonyl (C=O) groups is 1. The molecule has 1 aromatic carbocycles. The van der Waals surface area contributed by atoms with E-state index in [1.54, 1.807) is 0 Å². The number of rotatable bonds is 3. The topological polar surface area (TPSA) is 61.4 Å². The fourth-order valence-electron chi connectivity index (χ4n) is 2.09. The molecule has 1 fully saturated rings. The molecule has 5 heteroatoms. The molecule has 1 saturated heterocycles. The predicted octanol–water partition coefficient (Wildman–Crippen LogP) is 1.35. The van der Waals surface area contributed by atoms with Crippen LogP contribution in [-0.2, 0) is 4.79 Å². The van der Waals surface area contributed by atoms with Crippen LogP contribution in [-0.4, -0.2) is 29.7 Å². The lowest BCUT2D eigenvalue weighted by Gasteiger charge is -2.17. The highest BCUT2D eigenvalue weighted by Crippen LogP contribution is 2.18. The highest BCUT2D eigenvalue weighted by Gasteiger charge is 2.28. The molecule has 98 valence electrons. The Morgan fingerprint density at radius 2 is 2.39 bits per heavy atom. The van der Waals surface area contributed by atoms with Crippen molar-refractivity contribution in [1.82, 2.24) is 10.6 Å². The van der Waals surface area contributed by atoms with Crippen LogP contribution in [0, 0.1) is 0 Å². The van der Waals surface area contributed by atoms with E-state index in [9.17, 15) is 9.90 Å². The minimum Gasteiger partial charge on any atom is -0.392 e. The molecule has 2 unspecified atom stereocenters. The van der Waals surface area contributed by atoms with Gasteiger partial charge in [-0.1, -0.05) is 28.1 Å². The summed E-state index contributed by atoms with van der Waals surface area (Å²) < 4.78 is 0.996. The first-order valence-electron chi connectivity index (χ1n) is 6.03. The number of aliphatic hydroxyl groups excluding tert-OH is 1. The fourth-order valence-corrected chi connectivity index (χ4v) is 2.51. The van der Waals surface area contributed by atoms with Crippen molar-refractivity contribution >= 4 is 21.8 Å². The van der Waals surface area contributed by atoms with Crippen LogP contribution in [0.15, 0.2) is 28.7 Å². The molecule has 1 heterocycles. The van der Waals surface area contributed by atoms with E-state index in [0.717, 1.165) is 10.0 Å². The maximum absolute atomic E-state index is 12.0. The molecule has 0 aliphatic carbocycles. The molecule has 1 aliphatic heterocycles. The van der Waals surface area contributed by atoms with Gasteiger partial charge in [0.1, 0.15) is 0 Å². The number of β-amino-alcohol motifs (C(OH)–C–C–N with tert-alkyl or cyclic N) is 1. The van der Waals surface area contributed by atoms with Crippen LogP contribution in [0.3, 0.4) is 0 Å². The lowest BCUT2D eigenvalue weighted by molar-refractivity contribution is -0.123. The molecule has 4 nitrogen and oxygen atoms in total. The van der Waals surface area contributed by atoms with Crippen LogP contribution in [0.25, 0.3) is 0 Å². The molecule has 1 amide bonds. The maximum Gasteiger partial charge on any atom is 0.237 e. The van der Waals surface area contributed by atoms with Gasteiger partial charge in [-0.05, 0) is 31.0 Å². The van der Waals surface area contributed by atoms with E-state index in [4.69, 9.17) is 0 Å².